The van der Waals surface area contributed by atoms with Crippen LogP contribution in [-0.2, 0) is 27.9 Å². The SMILES string of the molecule is CC/C=C\C/C=C\C/C=C\C/C=C\CCCCCCCCCCCOCC(COP(=O)(O)OCCN)OC(=O)CCCCCCCCCCCCCCCCCCCCCCCCCC. The number of hydrogen-bond donors (Lipinski definition) is 2. The van der Waals surface area contributed by atoms with E-state index < -0.39 is 13.9 Å². The van der Waals surface area contributed by atoms with Crippen molar-refractivity contribution in [3.05, 3.63) is 48.6 Å². The number of esters is 1. The lowest BCUT2D eigenvalue weighted by atomic mass is 10.0. The third kappa shape index (κ3) is 53.3. The number of rotatable bonds is 53. The molecule has 8 nitrogen and oxygen atoms in total. The molecule has 0 fully saturated rings. The zero-order chi connectivity index (χ0) is 47.3. The van der Waals surface area contributed by atoms with Gasteiger partial charge in [0.2, 0.25) is 0 Å². The Balaban J connectivity index is 3.89. The van der Waals surface area contributed by atoms with Crippen molar-refractivity contribution in [2.45, 2.75) is 270 Å². The number of phosphoric acid groups is 1. The van der Waals surface area contributed by atoms with E-state index in [1.807, 2.05) is 0 Å². The molecule has 9 heteroatoms. The van der Waals surface area contributed by atoms with Crippen molar-refractivity contribution in [1.82, 2.24) is 0 Å². The van der Waals surface area contributed by atoms with E-state index in [1.54, 1.807) is 0 Å². The van der Waals surface area contributed by atoms with Crippen LogP contribution in [0.3, 0.4) is 0 Å². The molecule has 0 saturated carbocycles. The predicted octanol–water partition coefficient (Wildman–Crippen LogP) is 17.5. The first kappa shape index (κ1) is 63.5. The molecule has 2 atom stereocenters. The Hall–Kier alpha value is -1.54. The van der Waals surface area contributed by atoms with E-state index in [1.165, 1.54) is 186 Å². The van der Waals surface area contributed by atoms with Crippen LogP contribution in [0.15, 0.2) is 48.6 Å². The molecule has 0 amide bonds. The maximum atomic E-state index is 12.7. The monoisotopic (exact) mass is 936 g/mol. The highest BCUT2D eigenvalue weighted by molar-refractivity contribution is 7.47. The standard InChI is InChI=1S/C56H106NO7P/c1-3-5-7-9-11-13-15-17-19-21-23-25-27-28-29-31-33-35-37-39-41-43-45-47-49-56(58)64-55(54-63-65(59,60)62-52-50-57)53-61-51-48-46-44-42-40-38-36-34-32-30-26-24-22-20-18-16-14-12-10-8-6-4-2/h6,8,12,14,18,20,24,26,55H,3-5,7,9-11,13,15-17,19,21-23,25,27-54,57H2,1-2H3,(H,59,60)/b8-6-,14-12-,20-18-,26-24-. The van der Waals surface area contributed by atoms with Gasteiger partial charge in [-0.3, -0.25) is 13.8 Å². The lowest BCUT2D eigenvalue weighted by molar-refractivity contribution is -0.154. The van der Waals surface area contributed by atoms with Gasteiger partial charge in [0.1, 0.15) is 6.10 Å². The van der Waals surface area contributed by atoms with Gasteiger partial charge in [0.15, 0.2) is 0 Å². The summed E-state index contributed by atoms with van der Waals surface area (Å²) in [5.74, 6) is -0.327. The smallest absolute Gasteiger partial charge is 0.457 e. The average Bonchev–Trinajstić information content (AvgIpc) is 3.30. The molecule has 0 aliphatic heterocycles. The molecular weight excluding hydrogens is 830 g/mol. The Kier molecular flexibility index (Phi) is 52.1. The van der Waals surface area contributed by atoms with Gasteiger partial charge in [0.25, 0.3) is 0 Å². The fourth-order valence-electron chi connectivity index (χ4n) is 7.99. The lowest BCUT2D eigenvalue weighted by Gasteiger charge is -2.20. The topological polar surface area (TPSA) is 117 Å². The van der Waals surface area contributed by atoms with E-state index in [9.17, 15) is 14.3 Å². The molecule has 0 aromatic carbocycles. The normalized spacial score (nSPS) is 13.6. The Labute approximate surface area is 402 Å². The molecule has 3 N–H and O–H groups in total. The molecule has 0 saturated heterocycles. The van der Waals surface area contributed by atoms with Crippen molar-refractivity contribution in [2.75, 3.05) is 33.0 Å². The fourth-order valence-corrected chi connectivity index (χ4v) is 8.76. The predicted molar refractivity (Wildman–Crippen MR) is 279 cm³/mol. The fraction of sp³-hybridized carbons (Fsp3) is 0.839. The zero-order valence-corrected chi connectivity index (χ0v) is 43.6. The lowest BCUT2D eigenvalue weighted by Crippen LogP contribution is -2.28. The summed E-state index contributed by atoms with van der Waals surface area (Å²) >= 11 is 0. The molecule has 0 rings (SSSR count). The number of phosphoric ester groups is 1. The number of carbonyl (C=O) groups is 1. The van der Waals surface area contributed by atoms with Gasteiger partial charge in [-0.05, 0) is 51.4 Å². The van der Waals surface area contributed by atoms with Crippen molar-refractivity contribution in [3.8, 4) is 0 Å². The van der Waals surface area contributed by atoms with Crippen molar-refractivity contribution in [2.24, 2.45) is 5.73 Å². The average molecular weight is 936 g/mol. The number of nitrogens with two attached hydrogens (primary N) is 1. The van der Waals surface area contributed by atoms with Crippen LogP contribution in [0.25, 0.3) is 0 Å². The molecule has 0 radical (unpaired) electrons. The first-order valence-electron chi connectivity index (χ1n) is 27.6. The minimum atomic E-state index is -4.29. The Morgan fingerprint density at radius 3 is 1.29 bits per heavy atom. The summed E-state index contributed by atoms with van der Waals surface area (Å²) in [6.45, 7) is 4.85. The van der Waals surface area contributed by atoms with Gasteiger partial charge in [0, 0.05) is 19.6 Å². The van der Waals surface area contributed by atoms with Crippen LogP contribution in [0.1, 0.15) is 264 Å². The minimum Gasteiger partial charge on any atom is -0.457 e. The molecule has 0 aromatic rings. The van der Waals surface area contributed by atoms with E-state index in [0.717, 1.165) is 57.8 Å². The summed E-state index contributed by atoms with van der Waals surface area (Å²) in [5.41, 5.74) is 5.40. The second-order valence-corrected chi connectivity index (χ2v) is 19.9. The van der Waals surface area contributed by atoms with E-state index in [2.05, 4.69) is 62.5 Å². The number of allylic oxidation sites excluding steroid dienone is 8. The molecule has 0 aliphatic carbocycles. The number of ether oxygens (including phenoxy) is 2. The number of hydrogen-bond acceptors (Lipinski definition) is 7. The highest BCUT2D eigenvalue weighted by Gasteiger charge is 2.25. The van der Waals surface area contributed by atoms with E-state index in [0.29, 0.717) is 13.0 Å². The van der Waals surface area contributed by atoms with Gasteiger partial charge in [-0.25, -0.2) is 4.57 Å². The Morgan fingerprint density at radius 1 is 0.477 bits per heavy atom. The molecule has 0 bridgehead atoms. The highest BCUT2D eigenvalue weighted by atomic mass is 31.2. The molecule has 0 spiro atoms. The van der Waals surface area contributed by atoms with Gasteiger partial charge in [0.05, 0.1) is 19.8 Å². The van der Waals surface area contributed by atoms with Gasteiger partial charge in [-0.15, -0.1) is 0 Å². The molecule has 0 aliphatic rings. The summed E-state index contributed by atoms with van der Waals surface area (Å²) in [5, 5.41) is 0. The molecule has 2 unspecified atom stereocenters. The zero-order valence-electron chi connectivity index (χ0n) is 42.7. The highest BCUT2D eigenvalue weighted by Crippen LogP contribution is 2.43. The first-order chi connectivity index (χ1) is 31.9. The largest absolute Gasteiger partial charge is 0.472 e. The Morgan fingerprint density at radius 2 is 0.862 bits per heavy atom. The summed E-state index contributed by atoms with van der Waals surface area (Å²) in [7, 11) is -4.29. The molecule has 0 aromatic heterocycles. The third-order valence-corrected chi connectivity index (χ3v) is 13.0. The second kappa shape index (κ2) is 53.4. The summed E-state index contributed by atoms with van der Waals surface area (Å²) in [4.78, 5) is 22.6. The molecule has 382 valence electrons. The van der Waals surface area contributed by atoms with Crippen LogP contribution in [0.5, 0.6) is 0 Å². The van der Waals surface area contributed by atoms with E-state index in [-0.39, 0.29) is 32.3 Å². The molecular formula is C56H106NO7P. The van der Waals surface area contributed by atoms with Crippen LogP contribution in [0.2, 0.25) is 0 Å². The van der Waals surface area contributed by atoms with Gasteiger partial charge >= 0.3 is 13.8 Å². The van der Waals surface area contributed by atoms with Crippen LogP contribution in [-0.4, -0.2) is 49.9 Å². The molecule has 65 heavy (non-hydrogen) atoms. The van der Waals surface area contributed by atoms with E-state index in [4.69, 9.17) is 24.3 Å². The summed E-state index contributed by atoms with van der Waals surface area (Å²) in [6.07, 6.45) is 65.9. The van der Waals surface area contributed by atoms with Gasteiger partial charge in [-0.2, -0.15) is 0 Å². The van der Waals surface area contributed by atoms with Crippen molar-refractivity contribution >= 4 is 13.8 Å². The van der Waals surface area contributed by atoms with Crippen molar-refractivity contribution in [3.63, 3.8) is 0 Å². The van der Waals surface area contributed by atoms with Crippen molar-refractivity contribution < 1.29 is 32.8 Å². The maximum Gasteiger partial charge on any atom is 0.472 e. The Bertz CT molecular complexity index is 1140. The van der Waals surface area contributed by atoms with Crippen molar-refractivity contribution in [1.29, 1.82) is 0 Å². The summed E-state index contributed by atoms with van der Waals surface area (Å²) in [6, 6.07) is 0. The van der Waals surface area contributed by atoms with Crippen LogP contribution in [0, 0.1) is 0 Å². The minimum absolute atomic E-state index is 0.0963. The maximum absolute atomic E-state index is 12.7. The number of unbranched alkanes of at least 4 members (excludes halogenated alkanes) is 32. The van der Waals surface area contributed by atoms with Crippen LogP contribution < -0.4 is 5.73 Å². The van der Waals surface area contributed by atoms with Gasteiger partial charge < -0.3 is 20.1 Å². The van der Waals surface area contributed by atoms with Gasteiger partial charge in [-0.1, -0.05) is 255 Å². The third-order valence-electron chi connectivity index (χ3n) is 12.0. The number of carbonyl (C=O) groups excluding carboxylic acids is 1. The quantitative estimate of drug-likeness (QED) is 0.0268. The van der Waals surface area contributed by atoms with E-state index >= 15 is 0 Å². The van der Waals surface area contributed by atoms with Crippen LogP contribution >= 0.6 is 7.82 Å². The summed E-state index contributed by atoms with van der Waals surface area (Å²) < 4.78 is 33.7. The van der Waals surface area contributed by atoms with Crippen LogP contribution in [0.4, 0.5) is 0 Å². The second-order valence-electron chi connectivity index (χ2n) is 18.4. The first-order valence-corrected chi connectivity index (χ1v) is 29.1. The molecule has 0 heterocycles.